The van der Waals surface area contributed by atoms with E-state index < -0.39 is 0 Å². The predicted molar refractivity (Wildman–Crippen MR) is 62.3 cm³/mol. The van der Waals surface area contributed by atoms with Gasteiger partial charge in [0, 0.05) is 4.83 Å². The lowest BCUT2D eigenvalue weighted by molar-refractivity contribution is 0.406. The summed E-state index contributed by atoms with van der Waals surface area (Å²) in [6, 6.07) is 4.23. The first-order valence-corrected chi connectivity index (χ1v) is 5.96. The summed E-state index contributed by atoms with van der Waals surface area (Å²) < 4.78 is 5.40. The predicted octanol–water partition coefficient (Wildman–Crippen LogP) is 3.78. The van der Waals surface area contributed by atoms with Gasteiger partial charge in [-0.2, -0.15) is 0 Å². The van der Waals surface area contributed by atoms with Crippen LogP contribution in [0.1, 0.15) is 34.4 Å². The zero-order chi connectivity index (χ0) is 10.1. The van der Waals surface area contributed by atoms with E-state index in [1.165, 1.54) is 29.5 Å². The van der Waals surface area contributed by atoms with Gasteiger partial charge in [0.05, 0.1) is 7.11 Å². The number of hydrogen-bond acceptors (Lipinski definition) is 1. The molecule has 0 amide bonds. The largest absolute Gasteiger partial charge is 0.496 e. The molecule has 0 spiro atoms. The van der Waals surface area contributed by atoms with Crippen LogP contribution < -0.4 is 4.74 Å². The maximum atomic E-state index is 5.40. The molecular weight excluding hydrogens is 240 g/mol. The monoisotopic (exact) mass is 254 g/mol. The van der Waals surface area contributed by atoms with Crippen LogP contribution in [0.2, 0.25) is 0 Å². The van der Waals surface area contributed by atoms with Crippen LogP contribution in [-0.4, -0.2) is 7.11 Å². The molecule has 0 aromatic heterocycles. The number of hydrogen-bond donors (Lipinski definition) is 0. The molecule has 2 heteroatoms. The third-order valence-electron chi connectivity index (χ3n) is 2.95. The summed E-state index contributed by atoms with van der Waals surface area (Å²) in [5.74, 6) is 1.05. The van der Waals surface area contributed by atoms with Crippen molar-refractivity contribution in [3.63, 3.8) is 0 Å². The van der Waals surface area contributed by atoms with Crippen molar-refractivity contribution in [1.29, 1.82) is 0 Å². The van der Waals surface area contributed by atoms with Crippen molar-refractivity contribution in [2.75, 3.05) is 7.11 Å². The molecule has 1 aromatic rings. The molecule has 0 saturated heterocycles. The molecule has 0 aliphatic heterocycles. The summed E-state index contributed by atoms with van der Waals surface area (Å²) in [7, 11) is 1.75. The Kier molecular flexibility index (Phi) is 2.82. The van der Waals surface area contributed by atoms with Gasteiger partial charge in [0.15, 0.2) is 0 Å². The molecule has 0 fully saturated rings. The zero-order valence-electron chi connectivity index (χ0n) is 8.64. The summed E-state index contributed by atoms with van der Waals surface area (Å²) in [6.45, 7) is 2.18. The lowest BCUT2D eigenvalue weighted by atomic mass is 9.88. The molecular formula is C12H15BrO. The van der Waals surface area contributed by atoms with Gasteiger partial charge in [-0.1, -0.05) is 22.0 Å². The molecule has 0 heterocycles. The van der Waals surface area contributed by atoms with E-state index in [-0.39, 0.29) is 0 Å². The first-order chi connectivity index (χ1) is 6.74. The Morgan fingerprint density at radius 3 is 2.93 bits per heavy atom. The number of fused-ring (bicyclic) bond motifs is 1. The van der Waals surface area contributed by atoms with Gasteiger partial charge in [-0.05, 0) is 48.9 Å². The average molecular weight is 255 g/mol. The van der Waals surface area contributed by atoms with Gasteiger partial charge in [-0.25, -0.2) is 0 Å². The Balaban J connectivity index is 2.57. The molecule has 14 heavy (non-hydrogen) atoms. The summed E-state index contributed by atoms with van der Waals surface area (Å²) in [6.07, 6.45) is 3.64. The quantitative estimate of drug-likeness (QED) is 0.694. The topological polar surface area (TPSA) is 9.23 Å². The number of rotatable bonds is 1. The maximum absolute atomic E-state index is 5.40. The fourth-order valence-corrected chi connectivity index (χ4v) is 3.21. The molecule has 76 valence electrons. The van der Waals surface area contributed by atoms with Gasteiger partial charge in [0.2, 0.25) is 0 Å². The summed E-state index contributed by atoms with van der Waals surface area (Å²) in [5, 5.41) is 0. The van der Waals surface area contributed by atoms with E-state index in [2.05, 4.69) is 35.0 Å². The first-order valence-electron chi connectivity index (χ1n) is 5.04. The Labute approximate surface area is 93.6 Å². The number of halogens is 1. The van der Waals surface area contributed by atoms with Crippen molar-refractivity contribution in [2.45, 2.75) is 31.0 Å². The second-order valence-electron chi connectivity index (χ2n) is 3.84. The smallest absolute Gasteiger partial charge is 0.122 e. The SMILES string of the molecule is COc1ccc(C)c2c1CCCC2Br. The lowest BCUT2D eigenvalue weighted by Crippen LogP contribution is -2.08. The number of alkyl halides is 1. The van der Waals surface area contributed by atoms with Crippen molar-refractivity contribution in [3.8, 4) is 5.75 Å². The van der Waals surface area contributed by atoms with Crippen molar-refractivity contribution in [1.82, 2.24) is 0 Å². The minimum atomic E-state index is 0.515. The highest BCUT2D eigenvalue weighted by Gasteiger charge is 2.22. The molecule has 1 unspecified atom stereocenters. The van der Waals surface area contributed by atoms with E-state index in [0.29, 0.717) is 4.83 Å². The first kappa shape index (κ1) is 10.0. The van der Waals surface area contributed by atoms with Crippen LogP contribution in [0.5, 0.6) is 5.75 Å². The van der Waals surface area contributed by atoms with Gasteiger partial charge in [-0.15, -0.1) is 0 Å². The normalized spacial score (nSPS) is 20.4. The third-order valence-corrected chi connectivity index (χ3v) is 3.87. The summed E-state index contributed by atoms with van der Waals surface area (Å²) in [5.41, 5.74) is 4.23. The highest BCUT2D eigenvalue weighted by Crippen LogP contribution is 2.41. The molecule has 1 aliphatic rings. The molecule has 0 saturated carbocycles. The minimum Gasteiger partial charge on any atom is -0.496 e. The average Bonchev–Trinajstić information content (AvgIpc) is 2.18. The second kappa shape index (κ2) is 3.93. The van der Waals surface area contributed by atoms with Crippen molar-refractivity contribution >= 4 is 15.9 Å². The number of benzene rings is 1. The zero-order valence-corrected chi connectivity index (χ0v) is 10.2. The number of aryl methyl sites for hydroxylation is 1. The van der Waals surface area contributed by atoms with Crippen molar-refractivity contribution < 1.29 is 4.74 Å². The maximum Gasteiger partial charge on any atom is 0.122 e. The van der Waals surface area contributed by atoms with Gasteiger partial charge in [-0.3, -0.25) is 0 Å². The molecule has 0 bridgehead atoms. The second-order valence-corrected chi connectivity index (χ2v) is 4.94. The third kappa shape index (κ3) is 1.56. The van der Waals surface area contributed by atoms with E-state index >= 15 is 0 Å². The molecule has 0 radical (unpaired) electrons. The lowest BCUT2D eigenvalue weighted by Gasteiger charge is -2.24. The molecule has 1 nitrogen and oxygen atoms in total. The summed E-state index contributed by atoms with van der Waals surface area (Å²) in [4.78, 5) is 0.515. The van der Waals surface area contributed by atoms with Gasteiger partial charge < -0.3 is 4.74 Å². The van der Waals surface area contributed by atoms with Crippen LogP contribution in [-0.2, 0) is 6.42 Å². The molecule has 2 rings (SSSR count). The Hall–Kier alpha value is -0.500. The Bertz CT molecular complexity index is 346. The fourth-order valence-electron chi connectivity index (χ4n) is 2.25. The molecule has 0 N–H and O–H groups in total. The van der Waals surface area contributed by atoms with Gasteiger partial charge >= 0.3 is 0 Å². The highest BCUT2D eigenvalue weighted by atomic mass is 79.9. The van der Waals surface area contributed by atoms with E-state index in [4.69, 9.17) is 4.74 Å². The Morgan fingerprint density at radius 2 is 2.21 bits per heavy atom. The van der Waals surface area contributed by atoms with Crippen LogP contribution in [0.15, 0.2) is 12.1 Å². The van der Waals surface area contributed by atoms with Crippen molar-refractivity contribution in [3.05, 3.63) is 28.8 Å². The van der Waals surface area contributed by atoms with E-state index in [0.717, 1.165) is 12.2 Å². The van der Waals surface area contributed by atoms with E-state index in [1.54, 1.807) is 7.11 Å². The Morgan fingerprint density at radius 1 is 1.43 bits per heavy atom. The molecule has 1 aromatic carbocycles. The minimum absolute atomic E-state index is 0.515. The summed E-state index contributed by atoms with van der Waals surface area (Å²) >= 11 is 3.75. The van der Waals surface area contributed by atoms with Crippen molar-refractivity contribution in [2.24, 2.45) is 0 Å². The van der Waals surface area contributed by atoms with Crippen LogP contribution in [0.25, 0.3) is 0 Å². The fraction of sp³-hybridized carbons (Fsp3) is 0.500. The number of methoxy groups -OCH3 is 1. The van der Waals surface area contributed by atoms with Crippen LogP contribution in [0, 0.1) is 6.92 Å². The molecule has 1 aliphatic carbocycles. The standard InChI is InChI=1S/C12H15BrO/c1-8-6-7-11(14-2)9-4-3-5-10(13)12(8)9/h6-7,10H,3-5H2,1-2H3. The molecule has 1 atom stereocenters. The number of ether oxygens (including phenoxy) is 1. The van der Waals surface area contributed by atoms with Gasteiger partial charge in [0.25, 0.3) is 0 Å². The van der Waals surface area contributed by atoms with Crippen LogP contribution in [0.4, 0.5) is 0 Å². The van der Waals surface area contributed by atoms with Crippen LogP contribution >= 0.6 is 15.9 Å². The van der Waals surface area contributed by atoms with E-state index in [9.17, 15) is 0 Å². The highest BCUT2D eigenvalue weighted by molar-refractivity contribution is 9.09. The van der Waals surface area contributed by atoms with E-state index in [1.807, 2.05) is 0 Å². The van der Waals surface area contributed by atoms with Crippen LogP contribution in [0.3, 0.4) is 0 Å². The van der Waals surface area contributed by atoms with Gasteiger partial charge in [0.1, 0.15) is 5.75 Å².